The lowest BCUT2D eigenvalue weighted by atomic mass is 9.99. The van der Waals surface area contributed by atoms with Crippen molar-refractivity contribution in [1.82, 2.24) is 0 Å². The summed E-state index contributed by atoms with van der Waals surface area (Å²) in [6.45, 7) is 0.420. The third kappa shape index (κ3) is 3.46. The Kier molecular flexibility index (Phi) is 4.92. The molecule has 3 heteroatoms. The van der Waals surface area contributed by atoms with Crippen LogP contribution in [0.1, 0.15) is 15.9 Å². The van der Waals surface area contributed by atoms with E-state index in [1.807, 2.05) is 72.8 Å². The van der Waals surface area contributed by atoms with Crippen LogP contribution in [0.2, 0.25) is 0 Å². The summed E-state index contributed by atoms with van der Waals surface area (Å²) in [6.07, 6.45) is 0.842. The van der Waals surface area contributed by atoms with Gasteiger partial charge in [0.1, 0.15) is 18.1 Å². The van der Waals surface area contributed by atoms with Crippen molar-refractivity contribution >= 4 is 6.29 Å². The molecule has 0 atom stereocenters. The monoisotopic (exact) mass is 318 g/mol. The van der Waals surface area contributed by atoms with Crippen molar-refractivity contribution in [3.8, 4) is 22.6 Å². The maximum atomic E-state index is 11.7. The molecular formula is C21H18O3. The fraction of sp³-hybridized carbons (Fsp3) is 0.0952. The van der Waals surface area contributed by atoms with Crippen molar-refractivity contribution in [3.63, 3.8) is 0 Å². The van der Waals surface area contributed by atoms with E-state index in [1.165, 1.54) is 0 Å². The van der Waals surface area contributed by atoms with Gasteiger partial charge in [0, 0.05) is 0 Å². The lowest BCUT2D eigenvalue weighted by Crippen LogP contribution is -1.99. The van der Waals surface area contributed by atoms with Gasteiger partial charge in [0.25, 0.3) is 0 Å². The standard InChI is InChI=1S/C21H18O3/c1-23-18-10-5-9-17(13-18)19-11-6-12-21(20(19)14-22)24-15-16-7-3-2-4-8-16/h2-14H,15H2,1H3. The Labute approximate surface area is 141 Å². The number of hydrogen-bond donors (Lipinski definition) is 0. The summed E-state index contributed by atoms with van der Waals surface area (Å²) in [7, 11) is 1.62. The molecule has 0 spiro atoms. The number of carbonyl (C=O) groups is 1. The van der Waals surface area contributed by atoms with Crippen LogP contribution in [0, 0.1) is 0 Å². The Balaban J connectivity index is 1.92. The van der Waals surface area contributed by atoms with E-state index >= 15 is 0 Å². The molecule has 0 radical (unpaired) electrons. The van der Waals surface area contributed by atoms with Crippen molar-refractivity contribution in [2.75, 3.05) is 7.11 Å². The minimum atomic E-state index is 0.420. The average Bonchev–Trinajstić information content (AvgIpc) is 2.66. The van der Waals surface area contributed by atoms with Crippen LogP contribution in [0.15, 0.2) is 72.8 Å². The molecule has 0 amide bonds. The van der Waals surface area contributed by atoms with E-state index in [2.05, 4.69) is 0 Å². The number of carbonyl (C=O) groups excluding carboxylic acids is 1. The van der Waals surface area contributed by atoms with Gasteiger partial charge in [-0.3, -0.25) is 4.79 Å². The van der Waals surface area contributed by atoms with Gasteiger partial charge in [0.05, 0.1) is 12.7 Å². The van der Waals surface area contributed by atoms with Gasteiger partial charge in [0.2, 0.25) is 0 Å². The zero-order chi connectivity index (χ0) is 16.8. The largest absolute Gasteiger partial charge is 0.497 e. The summed E-state index contributed by atoms with van der Waals surface area (Å²) in [5, 5.41) is 0. The smallest absolute Gasteiger partial charge is 0.154 e. The molecule has 3 aromatic rings. The van der Waals surface area contributed by atoms with E-state index in [-0.39, 0.29) is 0 Å². The van der Waals surface area contributed by atoms with E-state index in [4.69, 9.17) is 9.47 Å². The van der Waals surface area contributed by atoms with Crippen LogP contribution in [-0.4, -0.2) is 13.4 Å². The fourth-order valence-electron chi connectivity index (χ4n) is 2.57. The Hall–Kier alpha value is -3.07. The van der Waals surface area contributed by atoms with Crippen molar-refractivity contribution in [2.45, 2.75) is 6.61 Å². The molecule has 0 fully saturated rings. The SMILES string of the molecule is COc1cccc(-c2cccc(OCc3ccccc3)c2C=O)c1. The highest BCUT2D eigenvalue weighted by atomic mass is 16.5. The molecule has 0 aromatic heterocycles. The van der Waals surface area contributed by atoms with Crippen LogP contribution in [0.25, 0.3) is 11.1 Å². The van der Waals surface area contributed by atoms with Crippen LogP contribution in [0.3, 0.4) is 0 Å². The summed E-state index contributed by atoms with van der Waals surface area (Å²) < 4.78 is 11.1. The predicted octanol–water partition coefficient (Wildman–Crippen LogP) is 4.75. The number of rotatable bonds is 6. The van der Waals surface area contributed by atoms with Crippen LogP contribution in [0.5, 0.6) is 11.5 Å². The van der Waals surface area contributed by atoms with E-state index in [1.54, 1.807) is 7.11 Å². The first kappa shape index (κ1) is 15.8. The molecule has 0 saturated carbocycles. The molecule has 3 nitrogen and oxygen atoms in total. The molecule has 120 valence electrons. The highest BCUT2D eigenvalue weighted by Crippen LogP contribution is 2.31. The second-order valence-electron chi connectivity index (χ2n) is 5.34. The molecule has 0 heterocycles. The van der Waals surface area contributed by atoms with Gasteiger partial charge in [-0.25, -0.2) is 0 Å². The topological polar surface area (TPSA) is 35.5 Å². The molecule has 0 unspecified atom stereocenters. The summed E-state index contributed by atoms with van der Waals surface area (Å²) in [5.74, 6) is 1.33. The third-order valence-corrected chi connectivity index (χ3v) is 3.80. The van der Waals surface area contributed by atoms with Crippen LogP contribution in [-0.2, 0) is 6.61 Å². The van der Waals surface area contributed by atoms with Gasteiger partial charge in [-0.05, 0) is 34.9 Å². The van der Waals surface area contributed by atoms with Gasteiger partial charge in [-0.1, -0.05) is 54.6 Å². The molecule has 0 bridgehead atoms. The summed E-state index contributed by atoms with van der Waals surface area (Å²) in [4.78, 5) is 11.7. The fourth-order valence-corrected chi connectivity index (χ4v) is 2.57. The second kappa shape index (κ2) is 7.47. The number of aldehydes is 1. The molecule has 0 N–H and O–H groups in total. The molecule has 24 heavy (non-hydrogen) atoms. The average molecular weight is 318 g/mol. The zero-order valence-corrected chi connectivity index (χ0v) is 13.4. The van der Waals surface area contributed by atoms with Crippen molar-refractivity contribution in [2.24, 2.45) is 0 Å². The number of benzene rings is 3. The van der Waals surface area contributed by atoms with E-state index in [9.17, 15) is 4.79 Å². The molecule has 0 aliphatic rings. The summed E-state index contributed by atoms with van der Waals surface area (Å²) in [5.41, 5.74) is 3.35. The Morgan fingerprint density at radius 1 is 0.917 bits per heavy atom. The summed E-state index contributed by atoms with van der Waals surface area (Å²) >= 11 is 0. The number of hydrogen-bond acceptors (Lipinski definition) is 3. The molecule has 0 aliphatic carbocycles. The van der Waals surface area contributed by atoms with Crippen molar-refractivity contribution in [1.29, 1.82) is 0 Å². The molecule has 0 saturated heterocycles. The second-order valence-corrected chi connectivity index (χ2v) is 5.34. The first-order valence-corrected chi connectivity index (χ1v) is 7.71. The van der Waals surface area contributed by atoms with Crippen LogP contribution < -0.4 is 9.47 Å². The van der Waals surface area contributed by atoms with Crippen molar-refractivity contribution in [3.05, 3.63) is 83.9 Å². The van der Waals surface area contributed by atoms with Crippen LogP contribution in [0.4, 0.5) is 0 Å². The Morgan fingerprint density at radius 3 is 2.46 bits per heavy atom. The first-order chi connectivity index (χ1) is 11.8. The van der Waals surface area contributed by atoms with E-state index in [0.29, 0.717) is 17.9 Å². The number of methoxy groups -OCH3 is 1. The molecular weight excluding hydrogens is 300 g/mol. The lowest BCUT2D eigenvalue weighted by Gasteiger charge is -2.13. The Bertz CT molecular complexity index is 825. The van der Waals surface area contributed by atoms with Crippen LogP contribution >= 0.6 is 0 Å². The van der Waals surface area contributed by atoms with Gasteiger partial charge in [-0.2, -0.15) is 0 Å². The molecule has 3 aromatic carbocycles. The Morgan fingerprint density at radius 2 is 1.71 bits per heavy atom. The van der Waals surface area contributed by atoms with Crippen molar-refractivity contribution < 1.29 is 14.3 Å². The number of ether oxygens (including phenoxy) is 2. The van der Waals surface area contributed by atoms with E-state index < -0.39 is 0 Å². The quantitative estimate of drug-likeness (QED) is 0.615. The third-order valence-electron chi connectivity index (χ3n) is 3.80. The minimum absolute atomic E-state index is 0.420. The van der Waals surface area contributed by atoms with Gasteiger partial charge < -0.3 is 9.47 Å². The van der Waals surface area contributed by atoms with Gasteiger partial charge in [-0.15, -0.1) is 0 Å². The van der Waals surface area contributed by atoms with Gasteiger partial charge in [0.15, 0.2) is 6.29 Å². The summed E-state index contributed by atoms with van der Waals surface area (Å²) in [6, 6.07) is 23.1. The highest BCUT2D eigenvalue weighted by molar-refractivity contribution is 5.91. The normalized spacial score (nSPS) is 10.2. The highest BCUT2D eigenvalue weighted by Gasteiger charge is 2.11. The zero-order valence-electron chi connectivity index (χ0n) is 13.4. The van der Waals surface area contributed by atoms with E-state index in [0.717, 1.165) is 28.7 Å². The lowest BCUT2D eigenvalue weighted by molar-refractivity contribution is 0.111. The maximum absolute atomic E-state index is 11.7. The molecule has 3 rings (SSSR count). The predicted molar refractivity (Wildman–Crippen MR) is 94.6 cm³/mol. The maximum Gasteiger partial charge on any atom is 0.154 e. The minimum Gasteiger partial charge on any atom is -0.497 e. The first-order valence-electron chi connectivity index (χ1n) is 7.71. The van der Waals surface area contributed by atoms with Gasteiger partial charge >= 0.3 is 0 Å². The molecule has 0 aliphatic heterocycles.